The van der Waals surface area contributed by atoms with E-state index >= 15 is 0 Å². The maximum Gasteiger partial charge on any atom is 0.320 e. The Labute approximate surface area is 121 Å². The summed E-state index contributed by atoms with van der Waals surface area (Å²) in [6.07, 6.45) is 2.93. The van der Waals surface area contributed by atoms with Gasteiger partial charge in [-0.1, -0.05) is 11.6 Å². The molecule has 0 bridgehead atoms. The summed E-state index contributed by atoms with van der Waals surface area (Å²) in [6.45, 7) is 0. The number of halogens is 1. The summed E-state index contributed by atoms with van der Waals surface area (Å²) in [6, 6.07) is 6.99. The zero-order chi connectivity index (χ0) is 14.8. The van der Waals surface area contributed by atoms with E-state index in [1.165, 1.54) is 13.3 Å². The molecule has 1 aromatic rings. The third-order valence-electron chi connectivity index (χ3n) is 3.61. The van der Waals surface area contributed by atoms with Gasteiger partial charge in [-0.2, -0.15) is 10.5 Å². The molecule has 1 aliphatic carbocycles. The van der Waals surface area contributed by atoms with Crippen LogP contribution in [0.25, 0.3) is 0 Å². The van der Waals surface area contributed by atoms with Gasteiger partial charge in [0.15, 0.2) is 5.92 Å². The third-order valence-corrected chi connectivity index (χ3v) is 3.83. The van der Waals surface area contributed by atoms with Crippen LogP contribution in [-0.2, 0) is 14.9 Å². The Kier molecular flexibility index (Phi) is 3.92. The first-order valence-corrected chi connectivity index (χ1v) is 6.48. The van der Waals surface area contributed by atoms with Crippen LogP contribution in [0.4, 0.5) is 0 Å². The highest BCUT2D eigenvalue weighted by molar-refractivity contribution is 6.30. The van der Waals surface area contributed by atoms with Crippen molar-refractivity contribution < 1.29 is 9.53 Å². The molecular formula is C14H12ClN3O2. The van der Waals surface area contributed by atoms with Crippen molar-refractivity contribution in [2.75, 3.05) is 7.11 Å². The largest absolute Gasteiger partial charge is 0.468 e. The van der Waals surface area contributed by atoms with E-state index in [1.807, 2.05) is 12.1 Å². The van der Waals surface area contributed by atoms with Crippen LogP contribution >= 0.6 is 11.6 Å². The second-order valence-corrected chi connectivity index (χ2v) is 5.12. The summed E-state index contributed by atoms with van der Waals surface area (Å²) < 4.78 is 4.87. The molecule has 1 atom stereocenters. The van der Waals surface area contributed by atoms with Gasteiger partial charge in [0.25, 0.3) is 0 Å². The van der Waals surface area contributed by atoms with E-state index < -0.39 is 17.3 Å². The maximum absolute atomic E-state index is 12.4. The molecular weight excluding hydrogens is 278 g/mol. The molecule has 0 aromatic carbocycles. The van der Waals surface area contributed by atoms with Crippen LogP contribution in [0.5, 0.6) is 0 Å². The normalized spacial score (nSPS) is 16.9. The molecule has 2 rings (SSSR count). The number of methoxy groups -OCH3 is 1. The molecule has 5 nitrogen and oxygen atoms in total. The predicted octanol–water partition coefficient (Wildman–Crippen LogP) is 2.22. The van der Waals surface area contributed by atoms with E-state index in [4.69, 9.17) is 16.3 Å². The second-order valence-electron chi connectivity index (χ2n) is 4.69. The second kappa shape index (κ2) is 5.48. The number of ether oxygens (including phenoxy) is 1. The van der Waals surface area contributed by atoms with Crippen molar-refractivity contribution in [3.8, 4) is 12.1 Å². The average molecular weight is 290 g/mol. The van der Waals surface area contributed by atoms with Gasteiger partial charge in [0.2, 0.25) is 0 Å². The van der Waals surface area contributed by atoms with Crippen LogP contribution < -0.4 is 0 Å². The Balaban J connectivity index is 2.64. The lowest BCUT2D eigenvalue weighted by Gasteiger charge is -2.31. The minimum Gasteiger partial charge on any atom is -0.468 e. The van der Waals surface area contributed by atoms with E-state index in [2.05, 4.69) is 4.98 Å². The van der Waals surface area contributed by atoms with Crippen LogP contribution in [0, 0.1) is 34.5 Å². The smallest absolute Gasteiger partial charge is 0.320 e. The standard InChI is InChI=1S/C14H12ClN3O2/c1-20-13(19)14(9-2-3-9,10(6-16)7-17)12-5-4-11(15)8-18-12/h4-5,8-10H,2-3H2,1H3. The Morgan fingerprint density at radius 3 is 2.55 bits per heavy atom. The minimum atomic E-state index is -1.33. The van der Waals surface area contributed by atoms with E-state index in [0.29, 0.717) is 10.7 Å². The number of nitriles is 2. The van der Waals surface area contributed by atoms with Crippen molar-refractivity contribution in [2.24, 2.45) is 11.8 Å². The first-order chi connectivity index (χ1) is 9.60. The number of hydrogen-bond donors (Lipinski definition) is 0. The topological polar surface area (TPSA) is 86.8 Å². The molecule has 1 saturated carbocycles. The van der Waals surface area contributed by atoms with E-state index in [0.717, 1.165) is 12.8 Å². The summed E-state index contributed by atoms with van der Waals surface area (Å²) >= 11 is 5.81. The fourth-order valence-electron chi connectivity index (χ4n) is 2.54. The van der Waals surface area contributed by atoms with Crippen LogP contribution in [0.15, 0.2) is 18.3 Å². The van der Waals surface area contributed by atoms with Crippen molar-refractivity contribution in [1.29, 1.82) is 10.5 Å². The number of rotatable bonds is 4. The van der Waals surface area contributed by atoms with Crippen LogP contribution in [0.2, 0.25) is 5.02 Å². The molecule has 0 radical (unpaired) electrons. The van der Waals surface area contributed by atoms with Gasteiger partial charge in [0.05, 0.1) is 30.0 Å². The van der Waals surface area contributed by atoms with Gasteiger partial charge in [-0.3, -0.25) is 9.78 Å². The molecule has 6 heteroatoms. The summed E-state index contributed by atoms with van der Waals surface area (Å²) in [5.74, 6) is -1.84. The van der Waals surface area contributed by atoms with Crippen molar-refractivity contribution in [2.45, 2.75) is 18.3 Å². The zero-order valence-corrected chi connectivity index (χ0v) is 11.6. The number of esters is 1. The van der Waals surface area contributed by atoms with E-state index in [1.54, 1.807) is 12.1 Å². The van der Waals surface area contributed by atoms with Crippen LogP contribution in [-0.4, -0.2) is 18.1 Å². The molecule has 0 aliphatic heterocycles. The van der Waals surface area contributed by atoms with E-state index in [-0.39, 0.29) is 5.92 Å². The molecule has 20 heavy (non-hydrogen) atoms. The lowest BCUT2D eigenvalue weighted by molar-refractivity contribution is -0.149. The van der Waals surface area contributed by atoms with Gasteiger partial charge >= 0.3 is 5.97 Å². The highest BCUT2D eigenvalue weighted by Crippen LogP contribution is 2.51. The highest BCUT2D eigenvalue weighted by Gasteiger charge is 2.59. The molecule has 102 valence electrons. The highest BCUT2D eigenvalue weighted by atomic mass is 35.5. The fourth-order valence-corrected chi connectivity index (χ4v) is 2.65. The number of pyridine rings is 1. The van der Waals surface area contributed by atoms with Crippen molar-refractivity contribution in [1.82, 2.24) is 4.98 Å². The molecule has 1 fully saturated rings. The van der Waals surface area contributed by atoms with Gasteiger partial charge in [0, 0.05) is 6.20 Å². The van der Waals surface area contributed by atoms with E-state index in [9.17, 15) is 15.3 Å². The van der Waals surface area contributed by atoms with Gasteiger partial charge in [-0.05, 0) is 30.9 Å². The van der Waals surface area contributed by atoms with Gasteiger partial charge in [-0.15, -0.1) is 0 Å². The van der Waals surface area contributed by atoms with Crippen molar-refractivity contribution in [3.05, 3.63) is 29.0 Å². The van der Waals surface area contributed by atoms with Gasteiger partial charge in [0.1, 0.15) is 5.41 Å². The number of nitrogens with zero attached hydrogens (tertiary/aromatic N) is 3. The van der Waals surface area contributed by atoms with Crippen LogP contribution in [0.3, 0.4) is 0 Å². The monoisotopic (exact) mass is 289 g/mol. The van der Waals surface area contributed by atoms with Gasteiger partial charge in [-0.25, -0.2) is 0 Å². The minimum absolute atomic E-state index is 0.104. The van der Waals surface area contributed by atoms with Crippen molar-refractivity contribution in [3.63, 3.8) is 0 Å². The zero-order valence-electron chi connectivity index (χ0n) is 10.8. The first kappa shape index (κ1) is 14.3. The van der Waals surface area contributed by atoms with Crippen molar-refractivity contribution >= 4 is 17.6 Å². The average Bonchev–Trinajstić information content (AvgIpc) is 3.30. The number of aromatic nitrogens is 1. The molecule has 0 saturated heterocycles. The number of carbonyl (C=O) groups is 1. The molecule has 1 aromatic heterocycles. The van der Waals surface area contributed by atoms with Gasteiger partial charge < -0.3 is 4.74 Å². The third kappa shape index (κ3) is 2.11. The Hall–Kier alpha value is -2.11. The summed E-state index contributed by atoms with van der Waals surface area (Å²) in [7, 11) is 1.25. The number of carbonyl (C=O) groups excluding carboxylic acids is 1. The maximum atomic E-state index is 12.4. The van der Waals surface area contributed by atoms with Crippen LogP contribution in [0.1, 0.15) is 18.5 Å². The Morgan fingerprint density at radius 2 is 2.15 bits per heavy atom. The summed E-state index contributed by atoms with van der Waals surface area (Å²) in [5.41, 5.74) is -0.965. The molecule has 1 aliphatic rings. The Bertz CT molecular complexity index is 584. The number of hydrogen-bond acceptors (Lipinski definition) is 5. The molecule has 0 N–H and O–H groups in total. The summed E-state index contributed by atoms with van der Waals surface area (Å²) in [5, 5.41) is 19.0. The SMILES string of the molecule is COC(=O)C(c1ccc(Cl)cn1)(C(C#N)C#N)C1CC1. The lowest BCUT2D eigenvalue weighted by atomic mass is 9.69. The lowest BCUT2D eigenvalue weighted by Crippen LogP contribution is -2.46. The Morgan fingerprint density at radius 1 is 1.50 bits per heavy atom. The molecule has 0 amide bonds. The molecule has 0 spiro atoms. The first-order valence-electron chi connectivity index (χ1n) is 6.11. The fraction of sp³-hybridized carbons (Fsp3) is 0.429. The quantitative estimate of drug-likeness (QED) is 0.793. The molecule has 1 heterocycles. The summed E-state index contributed by atoms with van der Waals surface area (Å²) in [4.78, 5) is 16.5. The molecule has 1 unspecified atom stereocenters. The predicted molar refractivity (Wildman–Crippen MR) is 70.4 cm³/mol.